The highest BCUT2D eigenvalue weighted by molar-refractivity contribution is 5.88. The first kappa shape index (κ1) is 15.0. The number of fused-ring (bicyclic) bond motifs is 1. The minimum absolute atomic E-state index is 0.227. The van der Waals surface area contributed by atoms with E-state index in [1.807, 2.05) is 47.2 Å². The number of ether oxygens (including phenoxy) is 2. The van der Waals surface area contributed by atoms with Crippen molar-refractivity contribution in [2.24, 2.45) is 4.99 Å². The first-order valence-corrected chi connectivity index (χ1v) is 7.65. The summed E-state index contributed by atoms with van der Waals surface area (Å²) in [6.07, 6.45) is 3.59. The zero-order chi connectivity index (χ0) is 17.2. The van der Waals surface area contributed by atoms with Crippen molar-refractivity contribution < 1.29 is 19.4 Å². The molecule has 6 nitrogen and oxygen atoms in total. The number of aromatic nitrogens is 1. The van der Waals surface area contributed by atoms with Crippen LogP contribution in [0.15, 0.2) is 65.8 Å². The van der Waals surface area contributed by atoms with Crippen LogP contribution >= 0.6 is 0 Å². The summed E-state index contributed by atoms with van der Waals surface area (Å²) in [5.41, 5.74) is 2.58. The summed E-state index contributed by atoms with van der Waals surface area (Å²) in [5.74, 6) is 0.441. The van der Waals surface area contributed by atoms with Gasteiger partial charge in [0.2, 0.25) is 6.79 Å². The van der Waals surface area contributed by atoms with Crippen LogP contribution in [0.4, 0.5) is 5.69 Å². The molecule has 3 aromatic rings. The van der Waals surface area contributed by atoms with Gasteiger partial charge < -0.3 is 19.1 Å². The number of aliphatic imine (C=N–C) groups is 1. The molecule has 124 valence electrons. The van der Waals surface area contributed by atoms with Crippen molar-refractivity contribution in [2.75, 3.05) is 6.79 Å². The number of benzene rings is 2. The van der Waals surface area contributed by atoms with Gasteiger partial charge in [-0.15, -0.1) is 0 Å². The highest BCUT2D eigenvalue weighted by atomic mass is 16.7. The van der Waals surface area contributed by atoms with Crippen LogP contribution in [0, 0.1) is 0 Å². The molecule has 0 spiro atoms. The van der Waals surface area contributed by atoms with Crippen molar-refractivity contribution in [3.8, 4) is 17.2 Å². The SMILES string of the molecule is O=C(O)c1cccc(-n2cccc2C=Nc2ccc3c(c2)OCO3)c1. The van der Waals surface area contributed by atoms with Gasteiger partial charge >= 0.3 is 5.97 Å². The maximum absolute atomic E-state index is 11.2. The molecular formula is C19H14N2O4. The molecular weight excluding hydrogens is 320 g/mol. The summed E-state index contributed by atoms with van der Waals surface area (Å²) in [6.45, 7) is 0.227. The van der Waals surface area contributed by atoms with Crippen LogP contribution < -0.4 is 9.47 Å². The monoisotopic (exact) mass is 334 g/mol. The normalized spacial score (nSPS) is 12.6. The van der Waals surface area contributed by atoms with E-state index in [-0.39, 0.29) is 12.4 Å². The van der Waals surface area contributed by atoms with E-state index in [1.54, 1.807) is 24.4 Å². The van der Waals surface area contributed by atoms with E-state index < -0.39 is 5.97 Å². The fourth-order valence-electron chi connectivity index (χ4n) is 2.63. The van der Waals surface area contributed by atoms with Crippen LogP contribution in [-0.2, 0) is 0 Å². The van der Waals surface area contributed by atoms with Gasteiger partial charge in [-0.3, -0.25) is 4.99 Å². The molecule has 1 aliphatic heterocycles. The fraction of sp³-hybridized carbons (Fsp3) is 0.0526. The Balaban J connectivity index is 1.64. The van der Waals surface area contributed by atoms with Crippen molar-refractivity contribution in [2.45, 2.75) is 0 Å². The van der Waals surface area contributed by atoms with Gasteiger partial charge in [-0.1, -0.05) is 6.07 Å². The Kier molecular flexibility index (Phi) is 3.70. The van der Waals surface area contributed by atoms with Crippen LogP contribution in [0.5, 0.6) is 11.5 Å². The minimum Gasteiger partial charge on any atom is -0.478 e. The van der Waals surface area contributed by atoms with Gasteiger partial charge in [-0.05, 0) is 42.5 Å². The number of hydrogen-bond donors (Lipinski definition) is 1. The van der Waals surface area contributed by atoms with Crippen molar-refractivity contribution >= 4 is 17.9 Å². The predicted octanol–water partition coefficient (Wildman–Crippen LogP) is 3.65. The van der Waals surface area contributed by atoms with Gasteiger partial charge in [-0.2, -0.15) is 0 Å². The lowest BCUT2D eigenvalue weighted by Crippen LogP contribution is -2.01. The Hall–Kier alpha value is -3.54. The van der Waals surface area contributed by atoms with E-state index in [2.05, 4.69) is 4.99 Å². The molecule has 2 heterocycles. The number of carboxylic acid groups (broad SMARTS) is 1. The largest absolute Gasteiger partial charge is 0.478 e. The van der Waals surface area contributed by atoms with Crippen molar-refractivity contribution in [1.82, 2.24) is 4.57 Å². The molecule has 1 aliphatic rings. The van der Waals surface area contributed by atoms with E-state index in [0.717, 1.165) is 17.1 Å². The number of carbonyl (C=O) groups is 1. The zero-order valence-corrected chi connectivity index (χ0v) is 13.1. The maximum Gasteiger partial charge on any atom is 0.335 e. The molecule has 0 radical (unpaired) electrons. The van der Waals surface area contributed by atoms with Gasteiger partial charge in [0.25, 0.3) is 0 Å². The summed E-state index contributed by atoms with van der Waals surface area (Å²) in [6, 6.07) is 16.0. The smallest absolute Gasteiger partial charge is 0.335 e. The second-order valence-electron chi connectivity index (χ2n) is 5.45. The van der Waals surface area contributed by atoms with E-state index in [1.165, 1.54) is 0 Å². The van der Waals surface area contributed by atoms with Crippen LogP contribution in [0.25, 0.3) is 5.69 Å². The van der Waals surface area contributed by atoms with E-state index in [4.69, 9.17) is 14.6 Å². The molecule has 0 bridgehead atoms. The van der Waals surface area contributed by atoms with Gasteiger partial charge in [0.15, 0.2) is 11.5 Å². The predicted molar refractivity (Wildman–Crippen MR) is 92.5 cm³/mol. The van der Waals surface area contributed by atoms with Gasteiger partial charge in [-0.25, -0.2) is 4.79 Å². The molecule has 1 N–H and O–H groups in total. The minimum atomic E-state index is -0.954. The Morgan fingerprint density at radius 1 is 1.08 bits per heavy atom. The lowest BCUT2D eigenvalue weighted by Gasteiger charge is -2.07. The standard InChI is InChI=1S/C19H14N2O4/c22-19(23)13-3-1-4-15(9-13)21-8-2-5-16(21)11-20-14-6-7-17-18(10-14)25-12-24-17/h1-11H,12H2,(H,22,23). The molecule has 0 saturated heterocycles. The Morgan fingerprint density at radius 3 is 2.84 bits per heavy atom. The molecule has 25 heavy (non-hydrogen) atoms. The van der Waals surface area contributed by atoms with Crippen LogP contribution in [0.2, 0.25) is 0 Å². The van der Waals surface area contributed by atoms with Crippen molar-refractivity contribution in [3.05, 3.63) is 72.1 Å². The summed E-state index contributed by atoms with van der Waals surface area (Å²) in [7, 11) is 0. The van der Waals surface area contributed by atoms with E-state index in [0.29, 0.717) is 11.5 Å². The van der Waals surface area contributed by atoms with Crippen LogP contribution in [-0.4, -0.2) is 28.7 Å². The van der Waals surface area contributed by atoms with Crippen molar-refractivity contribution in [3.63, 3.8) is 0 Å². The molecule has 0 saturated carbocycles. The first-order valence-electron chi connectivity index (χ1n) is 7.65. The lowest BCUT2D eigenvalue weighted by atomic mass is 10.2. The van der Waals surface area contributed by atoms with E-state index in [9.17, 15) is 4.79 Å². The quantitative estimate of drug-likeness (QED) is 0.739. The average molecular weight is 334 g/mol. The number of hydrogen-bond acceptors (Lipinski definition) is 4. The maximum atomic E-state index is 11.2. The van der Waals surface area contributed by atoms with Gasteiger partial charge in [0.1, 0.15) is 0 Å². The van der Waals surface area contributed by atoms with Gasteiger partial charge in [0.05, 0.1) is 23.2 Å². The number of rotatable bonds is 4. The summed E-state index contributed by atoms with van der Waals surface area (Å²) in [4.78, 5) is 15.6. The fourth-order valence-corrected chi connectivity index (χ4v) is 2.63. The molecule has 6 heteroatoms. The van der Waals surface area contributed by atoms with E-state index >= 15 is 0 Å². The third-order valence-electron chi connectivity index (χ3n) is 3.85. The lowest BCUT2D eigenvalue weighted by molar-refractivity contribution is 0.0697. The molecule has 1 aromatic heterocycles. The number of aromatic carboxylic acids is 1. The average Bonchev–Trinajstić information content (AvgIpc) is 3.28. The molecule has 4 rings (SSSR count). The highest BCUT2D eigenvalue weighted by Gasteiger charge is 2.12. The first-order chi connectivity index (χ1) is 12.2. The highest BCUT2D eigenvalue weighted by Crippen LogP contribution is 2.35. The molecule has 0 unspecified atom stereocenters. The Morgan fingerprint density at radius 2 is 1.96 bits per heavy atom. The summed E-state index contributed by atoms with van der Waals surface area (Å²) in [5, 5.41) is 9.15. The summed E-state index contributed by atoms with van der Waals surface area (Å²) < 4.78 is 12.5. The number of nitrogens with zero attached hydrogens (tertiary/aromatic N) is 2. The van der Waals surface area contributed by atoms with Crippen LogP contribution in [0.1, 0.15) is 16.1 Å². The Labute approximate surface area is 143 Å². The Bertz CT molecular complexity index is 975. The molecule has 2 aromatic carbocycles. The molecule has 0 aliphatic carbocycles. The molecule has 0 fully saturated rings. The third kappa shape index (κ3) is 2.97. The van der Waals surface area contributed by atoms with Gasteiger partial charge in [0, 0.05) is 18.0 Å². The second-order valence-corrected chi connectivity index (χ2v) is 5.45. The molecule has 0 atom stereocenters. The topological polar surface area (TPSA) is 73.0 Å². The third-order valence-corrected chi connectivity index (χ3v) is 3.85. The molecule has 0 amide bonds. The zero-order valence-electron chi connectivity index (χ0n) is 13.1. The summed E-state index contributed by atoms with van der Waals surface area (Å²) >= 11 is 0. The number of carboxylic acids is 1. The van der Waals surface area contributed by atoms with Crippen molar-refractivity contribution in [1.29, 1.82) is 0 Å². The van der Waals surface area contributed by atoms with Crippen LogP contribution in [0.3, 0.4) is 0 Å². The second kappa shape index (κ2) is 6.16.